The van der Waals surface area contributed by atoms with E-state index in [2.05, 4.69) is 20.9 Å². The number of carbonyl (C=O) groups is 1. The van der Waals surface area contributed by atoms with Crippen LogP contribution in [-0.2, 0) is 0 Å². The van der Waals surface area contributed by atoms with E-state index in [9.17, 15) is 13.6 Å². The van der Waals surface area contributed by atoms with Gasteiger partial charge in [0.15, 0.2) is 0 Å². The Morgan fingerprint density at radius 3 is 2.56 bits per heavy atom. The van der Waals surface area contributed by atoms with Gasteiger partial charge in [0.25, 0.3) is 5.91 Å². The number of nitrogens with zero attached hydrogens (tertiary/aromatic N) is 4. The van der Waals surface area contributed by atoms with E-state index in [-0.39, 0.29) is 0 Å². The predicted molar refractivity (Wildman–Crippen MR) is 170 cm³/mol. The summed E-state index contributed by atoms with van der Waals surface area (Å²) >= 11 is 0. The standard InChI is InChI=1S/C34H29F2N7O2/c1-37-16-7-19-45-25-11-5-10-24(21-25)40-34-38-17-15-28(41-34)31-29-14-2-3-18-43(29)42-32(31)22-8-4-9-23(20-22)39-33(44)30-26(35)12-6-13-27(30)36/h2-6,8-15,17-18,20-21,37H,7,16,19H2,1H3,(H,39,44)(H,38,40,41). The van der Waals surface area contributed by atoms with E-state index in [0.717, 1.165) is 47.6 Å². The molecule has 0 bridgehead atoms. The number of carbonyl (C=O) groups excluding carboxylic acids is 1. The summed E-state index contributed by atoms with van der Waals surface area (Å²) in [7, 11) is 1.91. The highest BCUT2D eigenvalue weighted by Gasteiger charge is 2.20. The smallest absolute Gasteiger partial charge is 0.261 e. The summed E-state index contributed by atoms with van der Waals surface area (Å²) in [5, 5.41) is 13.8. The van der Waals surface area contributed by atoms with E-state index in [0.29, 0.717) is 35.2 Å². The highest BCUT2D eigenvalue weighted by molar-refractivity contribution is 6.05. The Morgan fingerprint density at radius 1 is 0.911 bits per heavy atom. The topological polar surface area (TPSA) is 105 Å². The number of halogens is 2. The van der Waals surface area contributed by atoms with Crippen LogP contribution in [0.5, 0.6) is 5.75 Å². The minimum atomic E-state index is -0.941. The van der Waals surface area contributed by atoms with Crippen LogP contribution in [-0.4, -0.2) is 45.7 Å². The molecule has 0 aliphatic heterocycles. The zero-order valence-corrected chi connectivity index (χ0v) is 24.3. The first-order valence-electron chi connectivity index (χ1n) is 14.3. The van der Waals surface area contributed by atoms with E-state index >= 15 is 0 Å². The molecule has 0 unspecified atom stereocenters. The fourth-order valence-corrected chi connectivity index (χ4v) is 4.90. The van der Waals surface area contributed by atoms with Crippen molar-refractivity contribution in [1.82, 2.24) is 24.9 Å². The average molecular weight is 606 g/mol. The van der Waals surface area contributed by atoms with Crippen LogP contribution in [0, 0.1) is 11.6 Å². The van der Waals surface area contributed by atoms with Crippen molar-refractivity contribution < 1.29 is 18.3 Å². The van der Waals surface area contributed by atoms with Crippen LogP contribution in [0.25, 0.3) is 28.0 Å². The second kappa shape index (κ2) is 13.3. The molecule has 3 N–H and O–H groups in total. The van der Waals surface area contributed by atoms with Gasteiger partial charge in [-0.05, 0) is 74.6 Å². The molecule has 9 nitrogen and oxygen atoms in total. The van der Waals surface area contributed by atoms with Crippen molar-refractivity contribution in [2.45, 2.75) is 6.42 Å². The molecule has 0 atom stereocenters. The van der Waals surface area contributed by atoms with Crippen LogP contribution < -0.4 is 20.7 Å². The van der Waals surface area contributed by atoms with Gasteiger partial charge in [0.05, 0.1) is 23.4 Å². The Labute approximate surface area is 257 Å². The molecule has 0 aliphatic carbocycles. The molecule has 0 saturated heterocycles. The minimum absolute atomic E-state index is 0.348. The highest BCUT2D eigenvalue weighted by atomic mass is 19.1. The van der Waals surface area contributed by atoms with Gasteiger partial charge in [-0.3, -0.25) is 4.79 Å². The molecule has 0 spiro atoms. The molecule has 0 saturated carbocycles. The van der Waals surface area contributed by atoms with Crippen LogP contribution in [0.15, 0.2) is 103 Å². The number of benzene rings is 3. The quantitative estimate of drug-likeness (QED) is 0.141. The molecule has 6 aromatic rings. The molecule has 3 aromatic carbocycles. The lowest BCUT2D eigenvalue weighted by Gasteiger charge is -2.11. The van der Waals surface area contributed by atoms with E-state index in [1.807, 2.05) is 61.8 Å². The molecule has 6 rings (SSSR count). The SMILES string of the molecule is CNCCCOc1cccc(Nc2nccc(-c3c(-c4cccc(NC(=O)c5c(F)cccc5F)c4)nn4ccccc34)n2)c1. The summed E-state index contributed by atoms with van der Waals surface area (Å²) in [6.45, 7) is 1.47. The van der Waals surface area contributed by atoms with Crippen molar-refractivity contribution in [1.29, 1.82) is 0 Å². The van der Waals surface area contributed by atoms with E-state index in [4.69, 9.17) is 14.8 Å². The van der Waals surface area contributed by atoms with Gasteiger partial charge in [-0.2, -0.15) is 5.10 Å². The maximum atomic E-state index is 14.2. The fraction of sp³-hybridized carbons (Fsp3) is 0.118. The number of fused-ring (bicyclic) bond motifs is 1. The van der Waals surface area contributed by atoms with Crippen LogP contribution in [0.1, 0.15) is 16.8 Å². The summed E-state index contributed by atoms with van der Waals surface area (Å²) in [6, 6.07) is 25.3. The van der Waals surface area contributed by atoms with Crippen molar-refractivity contribution in [3.8, 4) is 28.3 Å². The van der Waals surface area contributed by atoms with Gasteiger partial charge in [-0.1, -0.05) is 30.3 Å². The maximum absolute atomic E-state index is 14.2. The second-order valence-corrected chi connectivity index (χ2v) is 10.1. The molecular formula is C34H29F2N7O2. The molecule has 0 aliphatic rings. The number of pyridine rings is 1. The average Bonchev–Trinajstić information content (AvgIpc) is 3.43. The zero-order chi connectivity index (χ0) is 31.2. The number of nitrogens with one attached hydrogen (secondary N) is 3. The Morgan fingerprint density at radius 2 is 1.71 bits per heavy atom. The lowest BCUT2D eigenvalue weighted by atomic mass is 10.0. The van der Waals surface area contributed by atoms with Crippen molar-refractivity contribution in [2.75, 3.05) is 30.8 Å². The number of hydrogen-bond donors (Lipinski definition) is 3. The van der Waals surface area contributed by atoms with Crippen molar-refractivity contribution in [3.63, 3.8) is 0 Å². The summed E-state index contributed by atoms with van der Waals surface area (Å²) in [4.78, 5) is 22.0. The van der Waals surface area contributed by atoms with Gasteiger partial charge in [0, 0.05) is 35.4 Å². The Bertz CT molecular complexity index is 1960. The minimum Gasteiger partial charge on any atom is -0.493 e. The monoisotopic (exact) mass is 605 g/mol. The third kappa shape index (κ3) is 6.63. The largest absolute Gasteiger partial charge is 0.493 e. The van der Waals surface area contributed by atoms with E-state index in [1.165, 1.54) is 6.07 Å². The molecule has 3 heterocycles. The van der Waals surface area contributed by atoms with Gasteiger partial charge < -0.3 is 20.7 Å². The fourth-order valence-electron chi connectivity index (χ4n) is 4.90. The normalized spacial score (nSPS) is 11.0. The Hall–Kier alpha value is -5.68. The van der Waals surface area contributed by atoms with Crippen LogP contribution >= 0.6 is 0 Å². The van der Waals surface area contributed by atoms with Crippen molar-refractivity contribution >= 4 is 28.7 Å². The third-order valence-electron chi connectivity index (χ3n) is 6.97. The number of rotatable bonds is 11. The molecular weight excluding hydrogens is 576 g/mol. The lowest BCUT2D eigenvalue weighted by molar-refractivity contribution is 0.101. The van der Waals surface area contributed by atoms with Gasteiger partial charge in [0.2, 0.25) is 5.95 Å². The molecule has 0 fully saturated rings. The summed E-state index contributed by atoms with van der Waals surface area (Å²) < 4.78 is 36.1. The number of aromatic nitrogens is 4. The number of hydrogen-bond acceptors (Lipinski definition) is 7. The second-order valence-electron chi connectivity index (χ2n) is 10.1. The van der Waals surface area contributed by atoms with Gasteiger partial charge in [0.1, 0.15) is 28.6 Å². The van der Waals surface area contributed by atoms with E-state index < -0.39 is 23.1 Å². The lowest BCUT2D eigenvalue weighted by Crippen LogP contribution is -2.15. The Kier molecular flexibility index (Phi) is 8.70. The summed E-state index contributed by atoms with van der Waals surface area (Å²) in [5.41, 5.74) is 3.89. The molecule has 11 heteroatoms. The van der Waals surface area contributed by atoms with Gasteiger partial charge >= 0.3 is 0 Å². The molecule has 3 aromatic heterocycles. The number of ether oxygens (including phenoxy) is 1. The molecule has 1 amide bonds. The number of amides is 1. The first-order chi connectivity index (χ1) is 22.0. The first-order valence-corrected chi connectivity index (χ1v) is 14.3. The van der Waals surface area contributed by atoms with Gasteiger partial charge in [-0.25, -0.2) is 23.3 Å². The zero-order valence-electron chi connectivity index (χ0n) is 24.3. The number of anilines is 3. The molecule has 45 heavy (non-hydrogen) atoms. The summed E-state index contributed by atoms with van der Waals surface area (Å²) in [6.07, 6.45) is 4.39. The van der Waals surface area contributed by atoms with Crippen LogP contribution in [0.4, 0.5) is 26.1 Å². The molecule has 0 radical (unpaired) electrons. The van der Waals surface area contributed by atoms with Gasteiger partial charge in [-0.15, -0.1) is 0 Å². The van der Waals surface area contributed by atoms with Crippen molar-refractivity contribution in [2.24, 2.45) is 0 Å². The van der Waals surface area contributed by atoms with Crippen LogP contribution in [0.2, 0.25) is 0 Å². The summed E-state index contributed by atoms with van der Waals surface area (Å²) in [5.74, 6) is -1.65. The highest BCUT2D eigenvalue weighted by Crippen LogP contribution is 2.35. The predicted octanol–water partition coefficient (Wildman–Crippen LogP) is 6.72. The third-order valence-corrected chi connectivity index (χ3v) is 6.97. The Balaban J connectivity index is 1.31. The van der Waals surface area contributed by atoms with Crippen molar-refractivity contribution in [3.05, 3.63) is 121 Å². The molecule has 226 valence electrons. The van der Waals surface area contributed by atoms with E-state index in [1.54, 1.807) is 35.0 Å². The maximum Gasteiger partial charge on any atom is 0.261 e. The van der Waals surface area contributed by atoms with Crippen LogP contribution in [0.3, 0.4) is 0 Å². The first kappa shape index (κ1) is 29.4.